The Bertz CT molecular complexity index is 336. The molecule has 0 unspecified atom stereocenters. The van der Waals surface area contributed by atoms with Crippen LogP contribution in [0.4, 0.5) is 0 Å². The first-order chi connectivity index (χ1) is 7.27. The zero-order valence-corrected chi connectivity index (χ0v) is 9.84. The number of hydrogen-bond acceptors (Lipinski definition) is 2. The largest absolute Gasteiger partial charge is 0.488 e. The molecular formula is C12H16ClNO. The third kappa shape index (κ3) is 3.94. The maximum Gasteiger partial charge on any atom is 0.138 e. The average molecular weight is 226 g/mol. The third-order valence-corrected chi connectivity index (χ3v) is 2.24. The minimum Gasteiger partial charge on any atom is -0.488 e. The highest BCUT2D eigenvalue weighted by Crippen LogP contribution is 2.25. The summed E-state index contributed by atoms with van der Waals surface area (Å²) in [4.78, 5) is 0. The Hall–Kier alpha value is -0.990. The molecule has 1 aromatic carbocycles. The third-order valence-electron chi connectivity index (χ3n) is 1.95. The van der Waals surface area contributed by atoms with E-state index in [9.17, 15) is 0 Å². The fourth-order valence-electron chi connectivity index (χ4n) is 1.21. The van der Waals surface area contributed by atoms with Gasteiger partial charge in [-0.25, -0.2) is 0 Å². The first-order valence-corrected chi connectivity index (χ1v) is 5.32. The number of hydrogen-bond donors (Lipinski definition) is 1. The summed E-state index contributed by atoms with van der Waals surface area (Å²) >= 11 is 6.07. The molecule has 0 aliphatic rings. The molecule has 0 amide bonds. The Kier molecular flexibility index (Phi) is 5.22. The van der Waals surface area contributed by atoms with Crippen molar-refractivity contribution in [3.8, 4) is 5.75 Å². The highest BCUT2D eigenvalue weighted by molar-refractivity contribution is 6.32. The maximum absolute atomic E-state index is 6.07. The minimum absolute atomic E-state index is 0.557. The molecule has 1 rings (SSSR count). The molecule has 0 aliphatic carbocycles. The van der Waals surface area contributed by atoms with Gasteiger partial charge >= 0.3 is 0 Å². The van der Waals surface area contributed by atoms with E-state index in [0.29, 0.717) is 11.6 Å². The van der Waals surface area contributed by atoms with Crippen molar-refractivity contribution in [1.82, 2.24) is 5.32 Å². The van der Waals surface area contributed by atoms with E-state index in [1.807, 2.05) is 44.3 Å². The topological polar surface area (TPSA) is 21.3 Å². The number of allylic oxidation sites excluding steroid dienone is 1. The van der Waals surface area contributed by atoms with E-state index in [-0.39, 0.29) is 0 Å². The minimum atomic E-state index is 0.557. The van der Waals surface area contributed by atoms with E-state index in [1.165, 1.54) is 0 Å². The van der Waals surface area contributed by atoms with Crippen LogP contribution in [0.5, 0.6) is 5.75 Å². The van der Waals surface area contributed by atoms with Crippen LogP contribution in [-0.2, 0) is 6.54 Å². The molecule has 3 heteroatoms. The van der Waals surface area contributed by atoms with Gasteiger partial charge in [-0.1, -0.05) is 29.8 Å². The molecule has 1 N–H and O–H groups in total. The first kappa shape index (κ1) is 12.1. The Balaban J connectivity index is 2.65. The molecule has 1 aromatic rings. The fraction of sp³-hybridized carbons (Fsp3) is 0.333. The quantitative estimate of drug-likeness (QED) is 0.778. The lowest BCUT2D eigenvalue weighted by molar-refractivity contribution is 0.363. The lowest BCUT2D eigenvalue weighted by atomic mass is 10.2. The molecule has 0 saturated carbocycles. The van der Waals surface area contributed by atoms with Gasteiger partial charge in [0.1, 0.15) is 12.4 Å². The molecule has 82 valence electrons. The summed E-state index contributed by atoms with van der Waals surface area (Å²) in [5.74, 6) is 0.731. The van der Waals surface area contributed by atoms with Crippen molar-refractivity contribution in [3.63, 3.8) is 0 Å². The van der Waals surface area contributed by atoms with Gasteiger partial charge in [0.05, 0.1) is 5.02 Å². The van der Waals surface area contributed by atoms with Crippen LogP contribution in [0.25, 0.3) is 0 Å². The lowest BCUT2D eigenvalue weighted by Crippen LogP contribution is -2.05. The second-order valence-electron chi connectivity index (χ2n) is 3.18. The van der Waals surface area contributed by atoms with Gasteiger partial charge in [0.25, 0.3) is 0 Å². The van der Waals surface area contributed by atoms with Crippen molar-refractivity contribution in [2.24, 2.45) is 0 Å². The van der Waals surface area contributed by atoms with E-state index < -0.39 is 0 Å². The normalized spacial score (nSPS) is 10.9. The van der Waals surface area contributed by atoms with Gasteiger partial charge in [0.15, 0.2) is 0 Å². The highest BCUT2D eigenvalue weighted by Gasteiger charge is 2.01. The Morgan fingerprint density at radius 1 is 1.47 bits per heavy atom. The summed E-state index contributed by atoms with van der Waals surface area (Å²) in [6.45, 7) is 3.33. The van der Waals surface area contributed by atoms with Crippen LogP contribution in [0, 0.1) is 0 Å². The smallest absolute Gasteiger partial charge is 0.138 e. The van der Waals surface area contributed by atoms with Gasteiger partial charge in [-0.15, -0.1) is 0 Å². The molecular weight excluding hydrogens is 210 g/mol. The molecule has 0 aliphatic heterocycles. The monoisotopic (exact) mass is 225 g/mol. The SMILES string of the molecule is CC=CCOc1ccc(CNC)cc1Cl. The number of benzene rings is 1. The number of ether oxygens (including phenoxy) is 1. The molecule has 0 saturated heterocycles. The summed E-state index contributed by atoms with van der Waals surface area (Å²) in [6, 6.07) is 5.83. The van der Waals surface area contributed by atoms with Crippen LogP contribution in [0.1, 0.15) is 12.5 Å². The first-order valence-electron chi connectivity index (χ1n) is 4.95. The maximum atomic E-state index is 6.07. The second kappa shape index (κ2) is 6.49. The summed E-state index contributed by atoms with van der Waals surface area (Å²) in [7, 11) is 1.91. The van der Waals surface area contributed by atoms with E-state index in [2.05, 4.69) is 5.32 Å². The van der Waals surface area contributed by atoms with Gasteiger partial charge < -0.3 is 10.1 Å². The molecule has 0 aromatic heterocycles. The summed E-state index contributed by atoms with van der Waals surface area (Å²) < 4.78 is 5.47. The van der Waals surface area contributed by atoms with Crippen LogP contribution in [0.3, 0.4) is 0 Å². The van der Waals surface area contributed by atoms with Crippen LogP contribution in [0.15, 0.2) is 30.4 Å². The predicted molar refractivity (Wildman–Crippen MR) is 64.5 cm³/mol. The second-order valence-corrected chi connectivity index (χ2v) is 3.58. The van der Waals surface area contributed by atoms with Crippen molar-refractivity contribution in [2.75, 3.05) is 13.7 Å². The summed E-state index contributed by atoms with van der Waals surface area (Å²) in [6.07, 6.45) is 3.89. The number of rotatable bonds is 5. The van der Waals surface area contributed by atoms with Crippen molar-refractivity contribution < 1.29 is 4.74 Å². The van der Waals surface area contributed by atoms with Gasteiger partial charge in [-0.05, 0) is 31.7 Å². The average Bonchev–Trinajstić information content (AvgIpc) is 2.22. The number of nitrogens with one attached hydrogen (secondary N) is 1. The van der Waals surface area contributed by atoms with Crippen molar-refractivity contribution in [2.45, 2.75) is 13.5 Å². The van der Waals surface area contributed by atoms with Gasteiger partial charge in [0.2, 0.25) is 0 Å². The highest BCUT2D eigenvalue weighted by atomic mass is 35.5. The lowest BCUT2D eigenvalue weighted by Gasteiger charge is -2.07. The van der Waals surface area contributed by atoms with Crippen LogP contribution >= 0.6 is 11.6 Å². The van der Waals surface area contributed by atoms with Crippen LogP contribution in [-0.4, -0.2) is 13.7 Å². The van der Waals surface area contributed by atoms with Crippen molar-refractivity contribution in [1.29, 1.82) is 0 Å². The van der Waals surface area contributed by atoms with Gasteiger partial charge in [-0.2, -0.15) is 0 Å². The van der Waals surface area contributed by atoms with E-state index >= 15 is 0 Å². The summed E-state index contributed by atoms with van der Waals surface area (Å²) in [5.41, 5.74) is 1.15. The molecule has 0 bridgehead atoms. The van der Waals surface area contributed by atoms with Crippen molar-refractivity contribution in [3.05, 3.63) is 40.9 Å². The van der Waals surface area contributed by atoms with Gasteiger partial charge in [0, 0.05) is 6.54 Å². The van der Waals surface area contributed by atoms with Crippen molar-refractivity contribution >= 4 is 11.6 Å². The molecule has 0 radical (unpaired) electrons. The van der Waals surface area contributed by atoms with Crippen LogP contribution < -0.4 is 10.1 Å². The fourth-order valence-corrected chi connectivity index (χ4v) is 1.47. The van der Waals surface area contributed by atoms with Gasteiger partial charge in [-0.3, -0.25) is 0 Å². The molecule has 15 heavy (non-hydrogen) atoms. The summed E-state index contributed by atoms with van der Waals surface area (Å²) in [5, 5.41) is 3.73. The van der Waals surface area contributed by atoms with E-state index in [4.69, 9.17) is 16.3 Å². The molecule has 0 atom stereocenters. The Labute approximate surface area is 95.9 Å². The molecule has 2 nitrogen and oxygen atoms in total. The zero-order valence-electron chi connectivity index (χ0n) is 9.09. The Morgan fingerprint density at radius 3 is 2.87 bits per heavy atom. The predicted octanol–water partition coefficient (Wildman–Crippen LogP) is 3.01. The van der Waals surface area contributed by atoms with E-state index in [1.54, 1.807) is 0 Å². The molecule has 0 heterocycles. The van der Waals surface area contributed by atoms with E-state index in [0.717, 1.165) is 17.9 Å². The molecule has 0 fully saturated rings. The molecule has 0 spiro atoms. The Morgan fingerprint density at radius 2 is 2.27 bits per heavy atom. The van der Waals surface area contributed by atoms with Crippen LogP contribution in [0.2, 0.25) is 5.02 Å². The standard InChI is InChI=1S/C12H16ClNO/c1-3-4-7-15-12-6-5-10(9-14-2)8-11(12)13/h3-6,8,14H,7,9H2,1-2H3. The number of halogens is 1. The zero-order chi connectivity index (χ0) is 11.1.